The summed E-state index contributed by atoms with van der Waals surface area (Å²) in [5.74, 6) is -1.63. The second-order valence-electron chi connectivity index (χ2n) is 9.64. The zero-order chi connectivity index (χ0) is 28.1. The largest absolute Gasteiger partial charge is 0.462 e. The number of alkyl halides is 1. The monoisotopic (exact) mass is 591 g/mol. The molecule has 0 amide bonds. The van der Waals surface area contributed by atoms with E-state index in [2.05, 4.69) is 9.99 Å². The number of nitrogens with zero attached hydrogens (tertiary/aromatic N) is 1. The predicted molar refractivity (Wildman–Crippen MR) is 134 cm³/mol. The molecule has 0 fully saturated rings. The van der Waals surface area contributed by atoms with Gasteiger partial charge in [-0.25, -0.2) is 4.39 Å². The lowest BCUT2D eigenvalue weighted by Crippen LogP contribution is -2.47. The van der Waals surface area contributed by atoms with Crippen LogP contribution in [0.5, 0.6) is 0 Å². The van der Waals surface area contributed by atoms with Gasteiger partial charge in [0, 0.05) is 0 Å². The Morgan fingerprint density at radius 2 is 1.53 bits per heavy atom. The fraction of sp³-hybridized carbons (Fsp3) is 0.591. The average molecular weight is 593 g/mol. The van der Waals surface area contributed by atoms with Crippen molar-refractivity contribution in [3.8, 4) is 0 Å². The molecule has 0 spiro atoms. The molecule has 0 aliphatic rings. The van der Waals surface area contributed by atoms with E-state index in [4.69, 9.17) is 48.5 Å². The summed E-state index contributed by atoms with van der Waals surface area (Å²) in [7, 11) is -3.64. The second kappa shape index (κ2) is 12.7. The van der Waals surface area contributed by atoms with Crippen molar-refractivity contribution < 1.29 is 40.9 Å². The number of carbonyl (C=O) groups is 2. The van der Waals surface area contributed by atoms with Crippen molar-refractivity contribution in [3.05, 3.63) is 27.2 Å². The average Bonchev–Trinajstić information content (AvgIpc) is 2.73. The van der Waals surface area contributed by atoms with E-state index in [0.29, 0.717) is 6.21 Å². The van der Waals surface area contributed by atoms with Gasteiger partial charge in [0.05, 0.1) is 32.1 Å². The molecule has 0 bridgehead atoms. The number of esters is 2. The van der Waals surface area contributed by atoms with E-state index in [-0.39, 0.29) is 15.1 Å². The molecule has 1 rings (SSSR count). The van der Waals surface area contributed by atoms with Crippen LogP contribution in [0.15, 0.2) is 22.2 Å². The maximum Gasteiger partial charge on any atom is 0.311 e. The van der Waals surface area contributed by atoms with Gasteiger partial charge in [-0.15, -0.1) is 0 Å². The van der Waals surface area contributed by atoms with Crippen LogP contribution in [0.2, 0.25) is 15.1 Å². The lowest BCUT2D eigenvalue weighted by Gasteiger charge is -2.30. The molecule has 0 unspecified atom stereocenters. The molecule has 204 valence electrons. The van der Waals surface area contributed by atoms with E-state index in [1.807, 2.05) is 0 Å². The van der Waals surface area contributed by atoms with Crippen LogP contribution in [-0.2, 0) is 38.2 Å². The number of halogens is 4. The topological polar surface area (TPSA) is 118 Å². The smallest absolute Gasteiger partial charge is 0.311 e. The Morgan fingerprint density at radius 3 is 2.03 bits per heavy atom. The zero-order valence-electron chi connectivity index (χ0n) is 20.8. The van der Waals surface area contributed by atoms with Crippen LogP contribution in [0.25, 0.3) is 0 Å². The molecule has 0 saturated heterocycles. The van der Waals surface area contributed by atoms with Crippen LogP contribution in [-0.4, -0.2) is 58.7 Å². The molecule has 1 aromatic carbocycles. The summed E-state index contributed by atoms with van der Waals surface area (Å²) in [4.78, 5) is 28.8. The van der Waals surface area contributed by atoms with Gasteiger partial charge in [0.15, 0.2) is 18.4 Å². The third kappa shape index (κ3) is 9.33. The Hall–Kier alpha value is -1.66. The highest BCUT2D eigenvalue weighted by Gasteiger charge is 2.41. The van der Waals surface area contributed by atoms with Crippen LogP contribution in [0.4, 0.5) is 4.39 Å². The summed E-state index contributed by atoms with van der Waals surface area (Å²) in [6, 6.07) is 2.02. The van der Waals surface area contributed by atoms with Gasteiger partial charge in [0.1, 0.15) is 18.6 Å². The number of carbonyl (C=O) groups excluding carboxylic acids is 2. The normalized spacial score (nSPS) is 15.3. The van der Waals surface area contributed by atoms with Crippen LogP contribution >= 0.6 is 34.8 Å². The van der Waals surface area contributed by atoms with Crippen LogP contribution in [0.3, 0.4) is 0 Å². The summed E-state index contributed by atoms with van der Waals surface area (Å²) >= 11 is 17.8. The number of benzene rings is 1. The fourth-order valence-electron chi connectivity index (χ4n) is 2.31. The maximum atomic E-state index is 15.2. The summed E-state index contributed by atoms with van der Waals surface area (Å²) in [6.07, 6.45) is -5.38. The van der Waals surface area contributed by atoms with E-state index in [1.165, 1.54) is 20.8 Å². The summed E-state index contributed by atoms with van der Waals surface area (Å²) < 4.78 is 57.1. The van der Waals surface area contributed by atoms with Crippen molar-refractivity contribution >= 4 is 63.1 Å². The first-order chi connectivity index (χ1) is 16.3. The number of hydrogen-bond acceptors (Lipinski definition) is 9. The molecule has 0 aromatic heterocycles. The molecule has 0 N–H and O–H groups in total. The molecular weight excluding hydrogens is 564 g/mol. The molecule has 14 heteroatoms. The maximum absolute atomic E-state index is 15.2. The molecule has 0 heterocycles. The Kier molecular flexibility index (Phi) is 11.4. The van der Waals surface area contributed by atoms with Crippen molar-refractivity contribution in [2.45, 2.75) is 64.8 Å². The standard InChI is InChI=1S/C22H29Cl3FNO8S/c1-21(2,3)19(28)33-11-16(18(15(26)10-27-32-7)34-20(29)22(4,5)6)35-36(30,31)17-9-13(24)12(23)8-14(17)25/h8-10,15-16,18H,11H2,1-7H3/t15-,16-,18-/m0/s1. The number of oxime groups is 1. The van der Waals surface area contributed by atoms with Gasteiger partial charge in [-0.1, -0.05) is 40.0 Å². The highest BCUT2D eigenvalue weighted by Crippen LogP contribution is 2.33. The summed E-state index contributed by atoms with van der Waals surface area (Å²) in [5, 5.41) is 2.81. The van der Waals surface area contributed by atoms with Crippen molar-refractivity contribution in [3.63, 3.8) is 0 Å². The second-order valence-corrected chi connectivity index (χ2v) is 12.4. The molecule has 0 saturated carbocycles. The molecule has 9 nitrogen and oxygen atoms in total. The van der Waals surface area contributed by atoms with Crippen LogP contribution < -0.4 is 0 Å². The fourth-order valence-corrected chi connectivity index (χ4v) is 4.36. The van der Waals surface area contributed by atoms with Crippen LogP contribution in [0, 0.1) is 10.8 Å². The highest BCUT2D eigenvalue weighted by atomic mass is 35.5. The summed E-state index contributed by atoms with van der Waals surface area (Å²) in [6.45, 7) is 8.37. The first kappa shape index (κ1) is 32.4. The number of rotatable bonds is 10. The predicted octanol–water partition coefficient (Wildman–Crippen LogP) is 5.24. The first-order valence-corrected chi connectivity index (χ1v) is 13.0. The zero-order valence-corrected chi connectivity index (χ0v) is 23.9. The minimum absolute atomic E-state index is 0.0205. The first-order valence-electron chi connectivity index (χ1n) is 10.5. The van der Waals surface area contributed by atoms with Gasteiger partial charge >= 0.3 is 11.9 Å². The van der Waals surface area contributed by atoms with Gasteiger partial charge in [-0.05, 0) is 53.7 Å². The molecule has 0 aliphatic heterocycles. The Balaban J connectivity index is 3.55. The lowest BCUT2D eigenvalue weighted by molar-refractivity contribution is -0.171. The van der Waals surface area contributed by atoms with Gasteiger partial charge in [0.2, 0.25) is 0 Å². The molecule has 0 radical (unpaired) electrons. The summed E-state index contributed by atoms with van der Waals surface area (Å²) in [5.41, 5.74) is -2.09. The van der Waals surface area contributed by atoms with E-state index in [1.54, 1.807) is 20.8 Å². The SMILES string of the molecule is CON=C[C@H](F)[C@H](OC(=O)C(C)(C)C)[C@H](COC(=O)C(C)(C)C)OS(=O)(=O)c1cc(Cl)c(Cl)cc1Cl. The Morgan fingerprint density at radius 1 is 1.00 bits per heavy atom. The quantitative estimate of drug-likeness (QED) is 0.119. The van der Waals surface area contributed by atoms with Crippen molar-refractivity contribution in [2.75, 3.05) is 13.7 Å². The van der Waals surface area contributed by atoms with E-state index in [0.717, 1.165) is 19.2 Å². The molecule has 0 aliphatic carbocycles. The van der Waals surface area contributed by atoms with Crippen LogP contribution in [0.1, 0.15) is 41.5 Å². The van der Waals surface area contributed by atoms with Gasteiger partial charge in [-0.3, -0.25) is 13.8 Å². The third-order valence-electron chi connectivity index (χ3n) is 4.33. The van der Waals surface area contributed by atoms with Gasteiger partial charge in [0.25, 0.3) is 10.1 Å². The van der Waals surface area contributed by atoms with Crippen molar-refractivity contribution in [1.82, 2.24) is 0 Å². The Labute approximate surface area is 225 Å². The number of hydrogen-bond donors (Lipinski definition) is 0. The minimum atomic E-state index is -4.78. The van der Waals surface area contributed by atoms with E-state index < -0.39 is 62.8 Å². The molecule has 1 aromatic rings. The highest BCUT2D eigenvalue weighted by molar-refractivity contribution is 7.87. The van der Waals surface area contributed by atoms with Gasteiger partial charge < -0.3 is 14.3 Å². The van der Waals surface area contributed by atoms with Gasteiger partial charge in [-0.2, -0.15) is 8.42 Å². The molecular formula is C22H29Cl3FNO8S. The van der Waals surface area contributed by atoms with E-state index >= 15 is 4.39 Å². The lowest BCUT2D eigenvalue weighted by atomic mass is 9.97. The van der Waals surface area contributed by atoms with E-state index in [9.17, 15) is 18.0 Å². The molecule has 36 heavy (non-hydrogen) atoms. The van der Waals surface area contributed by atoms with Crippen molar-refractivity contribution in [2.24, 2.45) is 16.0 Å². The Bertz CT molecular complexity index is 1080. The van der Waals surface area contributed by atoms with Crippen molar-refractivity contribution in [1.29, 1.82) is 0 Å². The third-order valence-corrected chi connectivity index (χ3v) is 6.85. The molecule has 3 atom stereocenters. The minimum Gasteiger partial charge on any atom is -0.462 e. The number of ether oxygens (including phenoxy) is 2.